The molecule has 1 amide bonds. The molecule has 0 aliphatic carbocycles. The molecular weight excluding hydrogens is 706 g/mol. The van der Waals surface area contributed by atoms with Crippen LogP contribution in [0, 0.1) is 24.6 Å². The SMILES string of the molecule is CCOC(=O)c1nc(N(C)c2cc(C)c(Nc3nc4ccccc4s3)nn2)sc1CCCOc1ccc(C#CCN(C)C(=O)OC(C)(C)C)cc1F. The monoisotopic (exact) mass is 745 g/mol. The average Bonchev–Trinajstić information content (AvgIpc) is 3.71. The number of carbonyl (C=O) groups is 2. The molecule has 5 aromatic rings. The standard InChI is InChI=1S/C37H40FN7O5S2/c1-8-48-33(46)31-29(16-12-20-49-27-18-17-24(22-25(27)38)13-11-19-44(6)36(47)50-37(3,4)5)52-35(40-31)45(7)30-21-23(2)32(43-42-30)41-34-39-26-14-9-10-15-28(26)51-34/h9-10,14-15,17-18,21-22H,8,12,16,19-20H2,1-7H3,(H,39,41,43). The van der Waals surface area contributed by atoms with Gasteiger partial charge in [-0.25, -0.2) is 23.9 Å². The molecule has 0 bridgehead atoms. The number of thiazole rings is 2. The van der Waals surface area contributed by atoms with Crippen LogP contribution < -0.4 is 15.0 Å². The second kappa shape index (κ2) is 16.8. The summed E-state index contributed by atoms with van der Waals surface area (Å²) in [7, 11) is 3.39. The summed E-state index contributed by atoms with van der Waals surface area (Å²) in [5.74, 6) is 5.86. The number of rotatable bonds is 12. The number of anilines is 4. The van der Waals surface area contributed by atoms with E-state index in [-0.39, 0.29) is 31.2 Å². The summed E-state index contributed by atoms with van der Waals surface area (Å²) in [5, 5.41) is 13.3. The molecule has 52 heavy (non-hydrogen) atoms. The highest BCUT2D eigenvalue weighted by Crippen LogP contribution is 2.33. The van der Waals surface area contributed by atoms with Gasteiger partial charge in [-0.15, -0.1) is 21.5 Å². The third-order valence-corrected chi connectivity index (χ3v) is 9.41. The van der Waals surface area contributed by atoms with E-state index in [0.717, 1.165) is 20.9 Å². The maximum atomic E-state index is 14.8. The van der Waals surface area contributed by atoms with Gasteiger partial charge in [-0.3, -0.25) is 0 Å². The molecule has 0 saturated carbocycles. The molecule has 1 N–H and O–H groups in total. The second-order valence-electron chi connectivity index (χ2n) is 12.6. The summed E-state index contributed by atoms with van der Waals surface area (Å²) >= 11 is 2.88. The first-order valence-corrected chi connectivity index (χ1v) is 18.2. The molecule has 0 fully saturated rings. The van der Waals surface area contributed by atoms with E-state index < -0.39 is 23.5 Å². The highest BCUT2D eigenvalue weighted by Gasteiger charge is 2.23. The van der Waals surface area contributed by atoms with Crippen molar-refractivity contribution >= 4 is 66.9 Å². The highest BCUT2D eigenvalue weighted by molar-refractivity contribution is 7.22. The number of amides is 1. The number of hydrogen-bond acceptors (Lipinski definition) is 13. The van der Waals surface area contributed by atoms with Gasteiger partial charge in [-0.1, -0.05) is 35.3 Å². The second-order valence-corrected chi connectivity index (χ2v) is 14.7. The van der Waals surface area contributed by atoms with E-state index in [1.54, 1.807) is 52.8 Å². The first kappa shape index (κ1) is 37.9. The predicted molar refractivity (Wildman–Crippen MR) is 202 cm³/mol. The lowest BCUT2D eigenvalue weighted by Gasteiger charge is -2.23. The minimum Gasteiger partial charge on any atom is -0.491 e. The number of aromatic nitrogens is 4. The molecule has 3 aromatic heterocycles. The van der Waals surface area contributed by atoms with Crippen LogP contribution in [0.4, 0.5) is 31.1 Å². The lowest BCUT2D eigenvalue weighted by Crippen LogP contribution is -2.34. The van der Waals surface area contributed by atoms with E-state index in [2.05, 4.69) is 37.3 Å². The smallest absolute Gasteiger partial charge is 0.410 e. The van der Waals surface area contributed by atoms with Gasteiger partial charge in [0.05, 0.1) is 30.0 Å². The van der Waals surface area contributed by atoms with Crippen molar-refractivity contribution in [2.24, 2.45) is 0 Å². The van der Waals surface area contributed by atoms with E-state index in [0.29, 0.717) is 40.0 Å². The summed E-state index contributed by atoms with van der Waals surface area (Å²) in [6, 6.07) is 14.2. The third kappa shape index (κ3) is 9.92. The van der Waals surface area contributed by atoms with Crippen molar-refractivity contribution in [3.8, 4) is 17.6 Å². The number of nitrogens with zero attached hydrogens (tertiary/aromatic N) is 6. The van der Waals surface area contributed by atoms with Crippen molar-refractivity contribution in [1.29, 1.82) is 0 Å². The van der Waals surface area contributed by atoms with Crippen molar-refractivity contribution < 1.29 is 28.2 Å². The van der Waals surface area contributed by atoms with Crippen molar-refractivity contribution in [1.82, 2.24) is 25.1 Å². The lowest BCUT2D eigenvalue weighted by molar-refractivity contribution is 0.0320. The maximum absolute atomic E-state index is 14.8. The van der Waals surface area contributed by atoms with Crippen LogP contribution in [-0.4, -0.2) is 76.6 Å². The van der Waals surface area contributed by atoms with Crippen molar-refractivity contribution in [2.75, 3.05) is 44.1 Å². The van der Waals surface area contributed by atoms with Gasteiger partial charge in [0.2, 0.25) is 0 Å². The van der Waals surface area contributed by atoms with Crippen LogP contribution in [0.25, 0.3) is 10.2 Å². The summed E-state index contributed by atoms with van der Waals surface area (Å²) in [4.78, 5) is 38.0. The van der Waals surface area contributed by atoms with Crippen LogP contribution in [0.1, 0.15) is 60.6 Å². The lowest BCUT2D eigenvalue weighted by atomic mass is 10.2. The molecule has 0 unspecified atom stereocenters. The fourth-order valence-electron chi connectivity index (χ4n) is 4.67. The molecule has 0 aliphatic rings. The summed E-state index contributed by atoms with van der Waals surface area (Å²) in [6.45, 7) is 9.55. The molecule has 5 rings (SSSR count). The number of hydrogen-bond donors (Lipinski definition) is 1. The number of ether oxygens (including phenoxy) is 3. The number of carbonyl (C=O) groups excluding carboxylic acids is 2. The molecule has 0 radical (unpaired) electrons. The average molecular weight is 746 g/mol. The van der Waals surface area contributed by atoms with Crippen LogP contribution >= 0.6 is 22.7 Å². The van der Waals surface area contributed by atoms with Crippen molar-refractivity contribution in [3.05, 3.63) is 76.0 Å². The van der Waals surface area contributed by atoms with Crippen LogP contribution in [0.5, 0.6) is 5.75 Å². The molecular formula is C37H40FN7O5S2. The third-order valence-electron chi connectivity index (χ3n) is 7.27. The number of benzene rings is 2. The van der Waals surface area contributed by atoms with Gasteiger partial charge in [-0.2, -0.15) is 0 Å². The first-order chi connectivity index (χ1) is 24.8. The molecule has 272 valence electrons. The molecule has 0 spiro atoms. The molecule has 0 aliphatic heterocycles. The predicted octanol–water partition coefficient (Wildman–Crippen LogP) is 7.91. The van der Waals surface area contributed by atoms with Gasteiger partial charge in [0.1, 0.15) is 5.60 Å². The number of nitrogens with one attached hydrogen (secondary N) is 1. The van der Waals surface area contributed by atoms with Crippen molar-refractivity contribution in [2.45, 2.75) is 53.1 Å². The molecule has 15 heteroatoms. The Kier molecular flexibility index (Phi) is 12.2. The Morgan fingerprint density at radius 1 is 1.04 bits per heavy atom. The summed E-state index contributed by atoms with van der Waals surface area (Å²) in [6.07, 6.45) is 0.448. The number of aryl methyl sites for hydroxylation is 2. The first-order valence-electron chi connectivity index (χ1n) is 16.5. The zero-order chi connectivity index (χ0) is 37.4. The Morgan fingerprint density at radius 3 is 2.54 bits per heavy atom. The summed E-state index contributed by atoms with van der Waals surface area (Å²) in [5.41, 5.74) is 1.82. The number of para-hydroxylation sites is 1. The Hall–Kier alpha value is -5.33. The van der Waals surface area contributed by atoms with E-state index in [1.165, 1.54) is 39.7 Å². The largest absolute Gasteiger partial charge is 0.491 e. The van der Waals surface area contributed by atoms with Gasteiger partial charge in [0, 0.05) is 24.5 Å². The zero-order valence-electron chi connectivity index (χ0n) is 30.1. The minimum atomic E-state index is -0.609. The maximum Gasteiger partial charge on any atom is 0.410 e. The van der Waals surface area contributed by atoms with Gasteiger partial charge in [0.15, 0.2) is 39.2 Å². The highest BCUT2D eigenvalue weighted by atomic mass is 32.1. The minimum absolute atomic E-state index is 0.0850. The normalized spacial score (nSPS) is 11.1. The molecule has 3 heterocycles. The van der Waals surface area contributed by atoms with Crippen LogP contribution in [-0.2, 0) is 15.9 Å². The van der Waals surface area contributed by atoms with E-state index in [1.807, 2.05) is 37.3 Å². The van der Waals surface area contributed by atoms with E-state index >= 15 is 0 Å². The van der Waals surface area contributed by atoms with Crippen LogP contribution in [0.3, 0.4) is 0 Å². The zero-order valence-corrected chi connectivity index (χ0v) is 31.7. The quantitative estimate of drug-likeness (QED) is 0.0759. The topological polar surface area (TPSA) is 132 Å². The molecule has 0 saturated heterocycles. The molecule has 12 nitrogen and oxygen atoms in total. The van der Waals surface area contributed by atoms with Gasteiger partial charge < -0.3 is 29.3 Å². The summed E-state index contributed by atoms with van der Waals surface area (Å²) < 4.78 is 32.2. The Labute approximate surface area is 310 Å². The van der Waals surface area contributed by atoms with E-state index in [9.17, 15) is 14.0 Å². The van der Waals surface area contributed by atoms with Crippen LogP contribution in [0.15, 0.2) is 48.5 Å². The van der Waals surface area contributed by atoms with E-state index in [4.69, 9.17) is 14.2 Å². The van der Waals surface area contributed by atoms with Gasteiger partial charge in [-0.05, 0) is 89.4 Å². The Morgan fingerprint density at radius 2 is 1.83 bits per heavy atom. The molecule has 2 aromatic carbocycles. The number of halogens is 1. The molecule has 0 atom stereocenters. The number of fused-ring (bicyclic) bond motifs is 1. The van der Waals surface area contributed by atoms with Crippen molar-refractivity contribution in [3.63, 3.8) is 0 Å². The Bertz CT molecular complexity index is 2090. The van der Waals surface area contributed by atoms with Gasteiger partial charge >= 0.3 is 12.1 Å². The van der Waals surface area contributed by atoms with Gasteiger partial charge in [0.25, 0.3) is 0 Å². The van der Waals surface area contributed by atoms with Crippen LogP contribution in [0.2, 0.25) is 0 Å². The fourth-order valence-corrected chi connectivity index (χ4v) is 6.59. The Balaban J connectivity index is 1.19. The fraction of sp³-hybridized carbons (Fsp3) is 0.351. The number of esters is 1.